The molecule has 257 valence electrons. The maximum atomic E-state index is 8.19. The zero-order valence-corrected chi connectivity index (χ0v) is 31.2. The molecule has 3 aromatic heterocycles. The molecule has 0 N–H and O–H groups in total. The number of aromatic nitrogens is 8. The van der Waals surface area contributed by atoms with Crippen LogP contribution < -0.4 is 9.97 Å². The molecule has 8 bridgehead atoms. The van der Waals surface area contributed by atoms with E-state index in [-0.39, 0.29) is 0 Å². The molecule has 0 saturated carbocycles. The molecule has 0 amide bonds. The van der Waals surface area contributed by atoms with E-state index in [4.69, 9.17) is 43.5 Å². The maximum absolute atomic E-state index is 8.19. The van der Waals surface area contributed by atoms with Crippen molar-refractivity contribution in [3.8, 4) is 22.8 Å². The summed E-state index contributed by atoms with van der Waals surface area (Å²) in [6.07, 6.45) is 0. The second-order valence-electron chi connectivity index (χ2n) is 14.9. The number of hydrogen-bond donors (Lipinski definition) is 0. The molecule has 2 aliphatic rings. The van der Waals surface area contributed by atoms with Gasteiger partial charge in [-0.15, -0.1) is 0 Å². The number of nitrogens with zero attached hydrogens (tertiary/aromatic N) is 8. The van der Waals surface area contributed by atoms with Gasteiger partial charge in [0.15, 0.2) is 0 Å². The first-order valence-electron chi connectivity index (χ1n) is 17.7. The van der Waals surface area contributed by atoms with E-state index in [9.17, 15) is 0 Å². The van der Waals surface area contributed by atoms with Crippen LogP contribution in [0.4, 0.5) is 0 Å². The van der Waals surface area contributed by atoms with Gasteiger partial charge >= 0.3 is 21.0 Å². The zero-order valence-electron chi connectivity index (χ0n) is 29.8. The van der Waals surface area contributed by atoms with Crippen molar-refractivity contribution in [1.29, 1.82) is 0 Å². The topological polar surface area (TPSA) is 123 Å². The van der Waals surface area contributed by atoms with Gasteiger partial charge < -0.3 is 29.9 Å². The molecule has 0 unspecified atom stereocenters. The molecule has 5 heterocycles. The van der Waals surface area contributed by atoms with Crippen LogP contribution in [-0.2, 0) is 31.9 Å². The van der Waals surface area contributed by atoms with Crippen LogP contribution in [0.25, 0.3) is 99.2 Å². The van der Waals surface area contributed by atoms with Gasteiger partial charge in [-0.05, 0) is 43.1 Å². The van der Waals surface area contributed by atoms with Crippen LogP contribution in [0.2, 0.25) is 0 Å². The Morgan fingerprint density at radius 2 is 0.870 bits per heavy atom. The van der Waals surface area contributed by atoms with E-state index in [2.05, 4.69) is 119 Å². The molecule has 0 saturated heterocycles. The number of rotatable bonds is 0. The monoisotopic (exact) mass is 737 g/mol. The van der Waals surface area contributed by atoms with Crippen molar-refractivity contribution < 1.29 is 21.0 Å². The van der Waals surface area contributed by atoms with Crippen LogP contribution in [0, 0.1) is 0 Å². The van der Waals surface area contributed by atoms with Crippen LogP contribution >= 0.6 is 0 Å². The van der Waals surface area contributed by atoms with Gasteiger partial charge in [-0.25, -0.2) is 4.98 Å². The molecule has 9 aromatic rings. The Bertz CT molecular complexity index is 3240. The summed E-state index contributed by atoms with van der Waals surface area (Å²) in [6, 6.07) is 37.6. The van der Waals surface area contributed by atoms with Crippen molar-refractivity contribution in [3.63, 3.8) is 0 Å². The minimum atomic E-state index is -0.478. The molecule has 0 radical (unpaired) electrons. The van der Waals surface area contributed by atoms with Gasteiger partial charge in [0.25, 0.3) is 0 Å². The molecule has 54 heavy (non-hydrogen) atoms. The molecule has 10 heteroatoms. The average molecular weight is 738 g/mol. The fraction of sp³-hybridized carbons (Fsp3) is 0.136. The second kappa shape index (κ2) is 11.7. The summed E-state index contributed by atoms with van der Waals surface area (Å²) in [5.74, 6) is 2.43. The molecule has 0 spiro atoms. The molecule has 0 atom stereocenters. The first kappa shape index (κ1) is 32.5. The molecule has 11 rings (SSSR count). The molecule has 9 nitrogen and oxygen atoms in total. The molecule has 0 fully saturated rings. The van der Waals surface area contributed by atoms with Crippen LogP contribution in [-0.4, -0.2) is 29.9 Å². The Balaban J connectivity index is 0.00000178. The third-order valence-electron chi connectivity index (χ3n) is 11.6. The normalized spacial score (nSPS) is 14.4. The Labute approximate surface area is 318 Å². The first-order valence-corrected chi connectivity index (χ1v) is 18.3. The van der Waals surface area contributed by atoms with Gasteiger partial charge in [-0.3, -0.25) is 4.98 Å². The number of hydrogen-bond acceptors (Lipinski definition) is 7. The molecule has 6 aromatic carbocycles. The Kier molecular flexibility index (Phi) is 7.02. The van der Waals surface area contributed by atoms with E-state index >= 15 is 0 Å². The first-order chi connectivity index (χ1) is 26.3. The Hall–Kier alpha value is -6.16. The van der Waals surface area contributed by atoms with E-state index < -0.39 is 10.8 Å². The summed E-state index contributed by atoms with van der Waals surface area (Å²) >= 11 is 1.06. The fourth-order valence-electron chi connectivity index (χ4n) is 7.91. The summed E-state index contributed by atoms with van der Waals surface area (Å²) in [4.78, 5) is 41.8. The van der Waals surface area contributed by atoms with Crippen molar-refractivity contribution in [2.24, 2.45) is 0 Å². The minimum absolute atomic E-state index is 0.478. The van der Waals surface area contributed by atoms with E-state index in [1.54, 1.807) is 0 Å². The quantitative estimate of drug-likeness (QED) is 0.150. The number of fused-ring (bicyclic) bond motifs is 23. The summed E-state index contributed by atoms with van der Waals surface area (Å²) in [7, 11) is 0. The van der Waals surface area contributed by atoms with E-state index in [0.29, 0.717) is 45.9 Å². The van der Waals surface area contributed by atoms with Gasteiger partial charge in [-0.2, -0.15) is 0 Å². The molecule has 2 aliphatic heterocycles. The van der Waals surface area contributed by atoms with Crippen molar-refractivity contribution in [1.82, 2.24) is 39.9 Å². The van der Waals surface area contributed by atoms with Gasteiger partial charge in [-0.1, -0.05) is 137 Å². The van der Waals surface area contributed by atoms with Crippen molar-refractivity contribution >= 4 is 76.5 Å². The molecule has 0 aliphatic carbocycles. The Morgan fingerprint density at radius 1 is 0.426 bits per heavy atom. The average Bonchev–Trinajstić information content (AvgIpc) is 3.89. The van der Waals surface area contributed by atoms with Crippen molar-refractivity contribution in [3.05, 3.63) is 121 Å². The predicted octanol–water partition coefficient (Wildman–Crippen LogP) is 9.39. The van der Waals surface area contributed by atoms with E-state index in [1.165, 1.54) is 0 Å². The van der Waals surface area contributed by atoms with Crippen LogP contribution in [0.1, 0.15) is 39.3 Å². The summed E-state index contributed by atoms with van der Waals surface area (Å²) in [5.41, 5.74) is 3.13. The van der Waals surface area contributed by atoms with Crippen molar-refractivity contribution in [2.45, 2.75) is 38.5 Å². The van der Waals surface area contributed by atoms with Crippen LogP contribution in [0.15, 0.2) is 109 Å². The number of benzene rings is 6. The summed E-state index contributed by atoms with van der Waals surface area (Å²) in [5, 5.41) is 10.1. The fourth-order valence-corrected chi connectivity index (χ4v) is 7.91. The van der Waals surface area contributed by atoms with E-state index in [0.717, 1.165) is 82.4 Å². The van der Waals surface area contributed by atoms with Gasteiger partial charge in [0, 0.05) is 55.3 Å². The predicted molar refractivity (Wildman–Crippen MR) is 209 cm³/mol. The van der Waals surface area contributed by atoms with Crippen LogP contribution in [0.3, 0.4) is 0 Å². The standard InChI is InChI=1S/C44H30N8.O.V/c1-43(2)41-50-37-31-22-19-24-12-6-9-15-27(24)33(31)39(48-37)49-38-32-26-14-8-5-11-23(26)17-20-29(32)35(46-38)45-36-30-21-18-25-13-7-10-16-28(25)34(30)40(47-36)51-42(52-41)44(43,3)4;;/h5-22H,1-4H3;;/q-2;;+2. The third-order valence-corrected chi connectivity index (χ3v) is 11.6. The molecular weight excluding hydrogens is 707 g/mol. The molecular formula is C44H30N8OV. The van der Waals surface area contributed by atoms with E-state index in [1.807, 2.05) is 18.2 Å². The van der Waals surface area contributed by atoms with Gasteiger partial charge in [0.1, 0.15) is 0 Å². The van der Waals surface area contributed by atoms with Crippen molar-refractivity contribution in [2.75, 3.05) is 0 Å². The SMILES string of the molecule is CC1(C)c2nc(nc3[n-]c(nc4nc(nc5[n-]c(n2)c2ccc6ccccc6c52)-c2c-4ccc4ccccc24)c2ccc4ccccc4c32)C1(C)C.[O]=[V+2]. The zero-order chi connectivity index (χ0) is 36.9. The second-order valence-corrected chi connectivity index (χ2v) is 14.9. The Morgan fingerprint density at radius 3 is 1.46 bits per heavy atom. The van der Waals surface area contributed by atoms with Gasteiger partial charge in [0.05, 0.1) is 23.3 Å². The van der Waals surface area contributed by atoms with Crippen LogP contribution in [0.5, 0.6) is 0 Å². The summed E-state index contributed by atoms with van der Waals surface area (Å²) in [6.45, 7) is 8.71. The third kappa shape index (κ3) is 4.52. The summed E-state index contributed by atoms with van der Waals surface area (Å²) < 4.78 is 8.19. The van der Waals surface area contributed by atoms with Gasteiger partial charge in [0.2, 0.25) is 0 Å².